The van der Waals surface area contributed by atoms with E-state index in [0.29, 0.717) is 30.9 Å². The second kappa shape index (κ2) is 7.96. The lowest BCUT2D eigenvalue weighted by atomic mass is 9.81. The fourth-order valence-electron chi connectivity index (χ4n) is 3.54. The Morgan fingerprint density at radius 3 is 2.14 bits per heavy atom. The molecule has 0 atom stereocenters. The van der Waals surface area contributed by atoms with Crippen LogP contribution in [0.25, 0.3) is 0 Å². The zero-order valence-electron chi connectivity index (χ0n) is 17.8. The maximum Gasteiger partial charge on any atom is 0.498 e. The number of carbonyl (C=O) groups is 1. The number of hydrogen-bond acceptors (Lipinski definition) is 7. The van der Waals surface area contributed by atoms with Crippen LogP contribution in [0.2, 0.25) is 0 Å². The van der Waals surface area contributed by atoms with Crippen LogP contribution in [0, 0.1) is 5.92 Å². The average Bonchev–Trinajstić information content (AvgIpc) is 2.88. The van der Waals surface area contributed by atoms with Crippen LogP contribution >= 0.6 is 0 Å². The highest BCUT2D eigenvalue weighted by molar-refractivity contribution is 7.91. The van der Waals surface area contributed by atoms with E-state index in [1.54, 1.807) is 6.92 Å². The second-order valence-electron chi connectivity index (χ2n) is 8.94. The van der Waals surface area contributed by atoms with Gasteiger partial charge in [0.15, 0.2) is 0 Å². The van der Waals surface area contributed by atoms with Gasteiger partial charge in [0.25, 0.3) is 0 Å². The SMILES string of the molecule is CC(=O)N1CCC(CCS(=O)(=O)c2ncc(B3OC(C)(C)C(C)(C)O3)cn2)CC1. The molecule has 0 spiro atoms. The van der Waals surface area contributed by atoms with Crippen molar-refractivity contribution >= 4 is 28.3 Å². The van der Waals surface area contributed by atoms with E-state index in [9.17, 15) is 13.2 Å². The van der Waals surface area contributed by atoms with Gasteiger partial charge in [-0.15, -0.1) is 0 Å². The molecule has 2 saturated heterocycles. The molecule has 29 heavy (non-hydrogen) atoms. The molecule has 2 aliphatic heterocycles. The third kappa shape index (κ3) is 4.80. The third-order valence-electron chi connectivity index (χ3n) is 6.31. The van der Waals surface area contributed by atoms with Crippen LogP contribution < -0.4 is 5.46 Å². The summed E-state index contributed by atoms with van der Waals surface area (Å²) in [6.45, 7) is 10.8. The molecular formula is C19H30BN3O5S. The fraction of sp³-hybridized carbons (Fsp3) is 0.737. The number of rotatable bonds is 5. The zero-order valence-corrected chi connectivity index (χ0v) is 18.7. The predicted octanol–water partition coefficient (Wildman–Crippen LogP) is 1.20. The highest BCUT2D eigenvalue weighted by Crippen LogP contribution is 2.36. The van der Waals surface area contributed by atoms with E-state index in [-0.39, 0.29) is 16.8 Å². The number of sulfone groups is 1. The Bertz CT molecular complexity index is 833. The Labute approximate surface area is 173 Å². The molecule has 3 rings (SSSR count). The van der Waals surface area contributed by atoms with Gasteiger partial charge in [-0.2, -0.15) is 0 Å². The van der Waals surface area contributed by atoms with Gasteiger partial charge < -0.3 is 14.2 Å². The maximum atomic E-state index is 12.6. The number of piperidine rings is 1. The topological polar surface area (TPSA) is 98.7 Å². The molecule has 0 saturated carbocycles. The number of amides is 1. The average molecular weight is 423 g/mol. The first-order valence-electron chi connectivity index (χ1n) is 10.1. The zero-order chi connectivity index (χ0) is 21.4. The van der Waals surface area contributed by atoms with Gasteiger partial charge in [0.2, 0.25) is 20.9 Å². The lowest BCUT2D eigenvalue weighted by molar-refractivity contribution is -0.130. The van der Waals surface area contributed by atoms with Crippen molar-refractivity contribution < 1.29 is 22.5 Å². The van der Waals surface area contributed by atoms with Crippen molar-refractivity contribution in [1.29, 1.82) is 0 Å². The molecule has 1 aromatic heterocycles. The minimum absolute atomic E-state index is 0.00752. The number of likely N-dealkylation sites (tertiary alicyclic amines) is 1. The smallest absolute Gasteiger partial charge is 0.399 e. The molecule has 1 aromatic rings. The molecule has 0 aliphatic carbocycles. The lowest BCUT2D eigenvalue weighted by Crippen LogP contribution is -2.41. The molecule has 0 N–H and O–H groups in total. The second-order valence-corrected chi connectivity index (χ2v) is 10.9. The molecular weight excluding hydrogens is 393 g/mol. The van der Waals surface area contributed by atoms with E-state index >= 15 is 0 Å². The number of hydrogen-bond donors (Lipinski definition) is 0. The van der Waals surface area contributed by atoms with Crippen LogP contribution in [0.4, 0.5) is 0 Å². The Kier molecular flexibility index (Phi) is 6.09. The molecule has 0 unspecified atom stereocenters. The Hall–Kier alpha value is -1.52. The molecule has 0 aromatic carbocycles. The van der Waals surface area contributed by atoms with Crippen LogP contribution in [0.3, 0.4) is 0 Å². The quantitative estimate of drug-likeness (QED) is 0.518. The minimum atomic E-state index is -3.56. The van der Waals surface area contributed by atoms with Gasteiger partial charge in [0.05, 0.1) is 17.0 Å². The van der Waals surface area contributed by atoms with Crippen molar-refractivity contribution in [3.8, 4) is 0 Å². The summed E-state index contributed by atoms with van der Waals surface area (Å²) in [5.74, 6) is 0.379. The Morgan fingerprint density at radius 1 is 1.14 bits per heavy atom. The summed E-state index contributed by atoms with van der Waals surface area (Å²) in [7, 11) is -4.18. The van der Waals surface area contributed by atoms with Crippen LogP contribution in [0.5, 0.6) is 0 Å². The summed E-state index contributed by atoms with van der Waals surface area (Å²) >= 11 is 0. The fourth-order valence-corrected chi connectivity index (χ4v) is 4.79. The van der Waals surface area contributed by atoms with E-state index in [4.69, 9.17) is 9.31 Å². The van der Waals surface area contributed by atoms with E-state index < -0.39 is 28.2 Å². The van der Waals surface area contributed by atoms with Crippen molar-refractivity contribution in [2.45, 2.75) is 70.2 Å². The summed E-state index contributed by atoms with van der Waals surface area (Å²) in [5.41, 5.74) is -0.375. The van der Waals surface area contributed by atoms with E-state index in [0.717, 1.165) is 12.8 Å². The number of nitrogens with zero attached hydrogens (tertiary/aromatic N) is 3. The van der Waals surface area contributed by atoms with Crippen molar-refractivity contribution in [3.05, 3.63) is 12.4 Å². The summed E-state index contributed by atoms with van der Waals surface area (Å²) in [5, 5.41) is -0.168. The van der Waals surface area contributed by atoms with Gasteiger partial charge in [-0.05, 0) is 52.9 Å². The lowest BCUT2D eigenvalue weighted by Gasteiger charge is -2.32. The first-order chi connectivity index (χ1) is 13.4. The third-order valence-corrected chi connectivity index (χ3v) is 7.85. The monoisotopic (exact) mass is 423 g/mol. The van der Waals surface area contributed by atoms with Gasteiger partial charge in [-0.1, -0.05) is 0 Å². The summed E-state index contributed by atoms with van der Waals surface area (Å²) in [6.07, 6.45) is 5.14. The Morgan fingerprint density at radius 2 is 1.66 bits per heavy atom. The summed E-state index contributed by atoms with van der Waals surface area (Å²) in [4.78, 5) is 21.4. The minimum Gasteiger partial charge on any atom is -0.399 e. The molecule has 2 aliphatic rings. The molecule has 160 valence electrons. The molecule has 0 radical (unpaired) electrons. The molecule has 3 heterocycles. The van der Waals surface area contributed by atoms with E-state index in [1.165, 1.54) is 12.4 Å². The molecule has 10 heteroatoms. The summed E-state index contributed by atoms with van der Waals surface area (Å²) in [6, 6.07) is 0. The number of carbonyl (C=O) groups excluding carboxylic acids is 1. The van der Waals surface area contributed by atoms with Gasteiger partial charge in [-0.25, -0.2) is 18.4 Å². The van der Waals surface area contributed by atoms with Crippen LogP contribution in [-0.2, 0) is 23.9 Å². The first kappa shape index (κ1) is 22.2. The maximum absolute atomic E-state index is 12.6. The van der Waals surface area contributed by atoms with Crippen LogP contribution in [-0.4, -0.2) is 66.4 Å². The standard InChI is InChI=1S/C19H30BN3O5S/c1-14(24)23-9-6-15(7-10-23)8-11-29(25,26)17-21-12-16(13-22-17)20-27-18(2,3)19(4,5)28-20/h12-13,15H,6-11H2,1-5H3. The van der Waals surface area contributed by atoms with Crippen molar-refractivity contribution in [1.82, 2.24) is 14.9 Å². The molecule has 1 amide bonds. The van der Waals surface area contributed by atoms with Crippen molar-refractivity contribution in [3.63, 3.8) is 0 Å². The van der Waals surface area contributed by atoms with Crippen molar-refractivity contribution in [2.75, 3.05) is 18.8 Å². The van der Waals surface area contributed by atoms with Crippen molar-refractivity contribution in [2.24, 2.45) is 5.92 Å². The van der Waals surface area contributed by atoms with Gasteiger partial charge in [0, 0.05) is 37.9 Å². The van der Waals surface area contributed by atoms with Crippen LogP contribution in [0.15, 0.2) is 17.6 Å². The van der Waals surface area contributed by atoms with E-state index in [1.807, 2.05) is 32.6 Å². The van der Waals surface area contributed by atoms with Crippen LogP contribution in [0.1, 0.15) is 53.9 Å². The van der Waals surface area contributed by atoms with E-state index in [2.05, 4.69) is 9.97 Å². The molecule has 8 nitrogen and oxygen atoms in total. The predicted molar refractivity (Wildman–Crippen MR) is 109 cm³/mol. The Balaban J connectivity index is 1.59. The summed E-state index contributed by atoms with van der Waals surface area (Å²) < 4.78 is 37.2. The molecule has 0 bridgehead atoms. The molecule has 2 fully saturated rings. The highest BCUT2D eigenvalue weighted by Gasteiger charge is 2.52. The van der Waals surface area contributed by atoms with Gasteiger partial charge >= 0.3 is 7.12 Å². The van der Waals surface area contributed by atoms with Gasteiger partial charge in [-0.3, -0.25) is 4.79 Å². The van der Waals surface area contributed by atoms with Gasteiger partial charge in [0.1, 0.15) is 0 Å². The normalized spacial score (nSPS) is 22.1. The first-order valence-corrected chi connectivity index (χ1v) is 11.7. The number of aromatic nitrogens is 2. The highest BCUT2D eigenvalue weighted by atomic mass is 32.2. The largest absolute Gasteiger partial charge is 0.498 e.